The topological polar surface area (TPSA) is 88.4 Å². The summed E-state index contributed by atoms with van der Waals surface area (Å²) in [5, 5.41) is 8.67. The summed E-state index contributed by atoms with van der Waals surface area (Å²) >= 11 is 0. The quantitative estimate of drug-likeness (QED) is 0.613. The van der Waals surface area contributed by atoms with Gasteiger partial charge in [0.25, 0.3) is 0 Å². The maximum Gasteiger partial charge on any atom is 0.316 e. The molecular weight excluding hydrogens is 210 g/mol. The Labute approximate surface area is 91.5 Å². The number of amides is 2. The zero-order valence-electron chi connectivity index (χ0n) is 8.73. The van der Waals surface area contributed by atoms with Crippen LogP contribution in [0.4, 0.5) is 0 Å². The molecule has 2 N–H and O–H groups in total. The summed E-state index contributed by atoms with van der Waals surface area (Å²) in [5.74, 6) is -1.11. The third-order valence-corrected chi connectivity index (χ3v) is 2.10. The third-order valence-electron chi connectivity index (χ3n) is 2.10. The average molecular weight is 221 g/mol. The van der Waals surface area contributed by atoms with Gasteiger partial charge in [0.15, 0.2) is 0 Å². The Morgan fingerprint density at radius 3 is 2.62 bits per heavy atom. The second kappa shape index (κ2) is 4.13. The number of aliphatic imine (C=N–C) groups is 1. The van der Waals surface area contributed by atoms with Crippen molar-refractivity contribution in [1.29, 1.82) is 0 Å². The summed E-state index contributed by atoms with van der Waals surface area (Å²) in [4.78, 5) is 25.7. The Kier molecular flexibility index (Phi) is 2.67. The predicted octanol–water partition coefficient (Wildman–Crippen LogP) is -1.44. The highest BCUT2D eigenvalue weighted by molar-refractivity contribution is 6.45. The molecule has 1 aromatic rings. The fourth-order valence-corrected chi connectivity index (χ4v) is 1.34. The van der Waals surface area contributed by atoms with E-state index in [1.54, 1.807) is 10.9 Å². The minimum absolute atomic E-state index is 0.221. The van der Waals surface area contributed by atoms with E-state index in [0.29, 0.717) is 13.0 Å². The van der Waals surface area contributed by atoms with Gasteiger partial charge in [-0.2, -0.15) is 5.10 Å². The number of aryl methyl sites for hydroxylation is 1. The van der Waals surface area contributed by atoms with Crippen LogP contribution in [0.25, 0.3) is 0 Å². The molecule has 7 nitrogen and oxygen atoms in total. The summed E-state index contributed by atoms with van der Waals surface area (Å²) in [5.41, 5.74) is 1.06. The van der Waals surface area contributed by atoms with Gasteiger partial charge in [-0.1, -0.05) is 0 Å². The van der Waals surface area contributed by atoms with E-state index in [-0.39, 0.29) is 5.96 Å². The van der Waals surface area contributed by atoms with Crippen molar-refractivity contribution < 1.29 is 9.59 Å². The molecule has 0 spiro atoms. The van der Waals surface area contributed by atoms with Gasteiger partial charge in [-0.25, -0.2) is 0 Å². The SMILES string of the molecule is Cn1cc(CCN=C2NC(=O)C(=O)N2)cn1. The second-order valence-electron chi connectivity index (χ2n) is 3.41. The van der Waals surface area contributed by atoms with E-state index in [1.807, 2.05) is 13.2 Å². The normalized spacial score (nSPS) is 14.9. The van der Waals surface area contributed by atoms with Crippen molar-refractivity contribution in [3.8, 4) is 0 Å². The van der Waals surface area contributed by atoms with Crippen molar-refractivity contribution in [2.24, 2.45) is 12.0 Å². The van der Waals surface area contributed by atoms with Gasteiger partial charge < -0.3 is 0 Å². The van der Waals surface area contributed by atoms with Gasteiger partial charge in [-0.15, -0.1) is 0 Å². The molecule has 0 atom stereocenters. The Morgan fingerprint density at radius 1 is 1.38 bits per heavy atom. The van der Waals surface area contributed by atoms with Gasteiger partial charge in [0.2, 0.25) is 5.96 Å². The number of nitrogens with zero attached hydrogens (tertiary/aromatic N) is 3. The molecule has 1 fully saturated rings. The van der Waals surface area contributed by atoms with E-state index in [1.165, 1.54) is 0 Å². The largest absolute Gasteiger partial charge is 0.316 e. The van der Waals surface area contributed by atoms with Crippen LogP contribution >= 0.6 is 0 Å². The molecule has 1 aromatic heterocycles. The second-order valence-corrected chi connectivity index (χ2v) is 3.41. The van der Waals surface area contributed by atoms with Crippen LogP contribution in [0, 0.1) is 0 Å². The Hall–Kier alpha value is -2.18. The number of hydrogen-bond acceptors (Lipinski definition) is 4. The number of carbonyl (C=O) groups is 2. The summed E-state index contributed by atoms with van der Waals surface area (Å²) in [6.07, 6.45) is 4.36. The fraction of sp³-hybridized carbons (Fsp3) is 0.333. The Balaban J connectivity index is 1.86. The van der Waals surface area contributed by atoms with Crippen molar-refractivity contribution in [3.05, 3.63) is 18.0 Å². The highest BCUT2D eigenvalue weighted by Gasteiger charge is 2.24. The maximum absolute atomic E-state index is 10.8. The van der Waals surface area contributed by atoms with E-state index in [4.69, 9.17) is 0 Å². The summed E-state index contributed by atoms with van der Waals surface area (Å²) in [7, 11) is 1.84. The molecule has 0 saturated carbocycles. The molecular formula is C9H11N5O2. The molecule has 1 aliphatic heterocycles. The summed E-state index contributed by atoms with van der Waals surface area (Å²) < 4.78 is 1.71. The molecule has 84 valence electrons. The fourth-order valence-electron chi connectivity index (χ4n) is 1.34. The van der Waals surface area contributed by atoms with E-state index < -0.39 is 11.8 Å². The van der Waals surface area contributed by atoms with Crippen LogP contribution in [0.1, 0.15) is 5.56 Å². The summed E-state index contributed by atoms with van der Waals surface area (Å²) in [6, 6.07) is 0. The number of nitrogens with one attached hydrogen (secondary N) is 2. The number of hydrogen-bond donors (Lipinski definition) is 2. The lowest BCUT2D eigenvalue weighted by Gasteiger charge is -1.95. The van der Waals surface area contributed by atoms with Crippen molar-refractivity contribution in [2.75, 3.05) is 6.54 Å². The molecule has 0 radical (unpaired) electrons. The minimum Gasteiger partial charge on any atom is -0.288 e. The third kappa shape index (κ3) is 2.25. The highest BCUT2D eigenvalue weighted by Crippen LogP contribution is 1.97. The first-order chi connectivity index (χ1) is 7.65. The van der Waals surface area contributed by atoms with E-state index in [2.05, 4.69) is 20.7 Å². The van der Waals surface area contributed by atoms with Crippen LogP contribution in [0.3, 0.4) is 0 Å². The smallest absolute Gasteiger partial charge is 0.288 e. The molecule has 0 bridgehead atoms. The van der Waals surface area contributed by atoms with Gasteiger partial charge in [0, 0.05) is 19.8 Å². The highest BCUT2D eigenvalue weighted by atomic mass is 16.2. The molecule has 16 heavy (non-hydrogen) atoms. The zero-order valence-corrected chi connectivity index (χ0v) is 8.73. The minimum atomic E-state index is -0.667. The summed E-state index contributed by atoms with van der Waals surface area (Å²) in [6.45, 7) is 0.488. The van der Waals surface area contributed by atoms with Gasteiger partial charge in [0.1, 0.15) is 0 Å². The Bertz CT molecular complexity index is 444. The Morgan fingerprint density at radius 2 is 2.06 bits per heavy atom. The lowest BCUT2D eigenvalue weighted by Crippen LogP contribution is -2.26. The molecule has 2 amide bonds. The zero-order chi connectivity index (χ0) is 11.5. The van der Waals surface area contributed by atoms with Gasteiger partial charge >= 0.3 is 11.8 Å². The lowest BCUT2D eigenvalue weighted by atomic mass is 10.3. The van der Waals surface area contributed by atoms with Gasteiger partial charge in [-0.05, 0) is 12.0 Å². The van der Waals surface area contributed by atoms with Crippen LogP contribution in [0.5, 0.6) is 0 Å². The number of rotatable bonds is 3. The molecule has 2 rings (SSSR count). The van der Waals surface area contributed by atoms with Crippen LogP contribution in [0.15, 0.2) is 17.4 Å². The number of carbonyl (C=O) groups excluding carboxylic acids is 2. The predicted molar refractivity (Wildman–Crippen MR) is 55.5 cm³/mol. The number of guanidine groups is 1. The average Bonchev–Trinajstić information content (AvgIpc) is 2.75. The molecule has 1 aliphatic rings. The van der Waals surface area contributed by atoms with Gasteiger partial charge in [-0.3, -0.25) is 29.9 Å². The first kappa shape index (κ1) is 10.3. The van der Waals surface area contributed by atoms with Crippen molar-refractivity contribution in [3.63, 3.8) is 0 Å². The van der Waals surface area contributed by atoms with Crippen LogP contribution in [0.2, 0.25) is 0 Å². The van der Waals surface area contributed by atoms with Crippen LogP contribution in [-0.2, 0) is 23.1 Å². The standard InChI is InChI=1S/C9H11N5O2/c1-14-5-6(4-11-14)2-3-10-9-12-7(15)8(16)13-9/h4-5H,2-3H2,1H3,(H2,10,12,13,15,16). The maximum atomic E-state index is 10.8. The van der Waals surface area contributed by atoms with Crippen molar-refractivity contribution >= 4 is 17.8 Å². The monoisotopic (exact) mass is 221 g/mol. The van der Waals surface area contributed by atoms with E-state index in [9.17, 15) is 9.59 Å². The van der Waals surface area contributed by atoms with Crippen molar-refractivity contribution in [2.45, 2.75) is 6.42 Å². The van der Waals surface area contributed by atoms with Crippen molar-refractivity contribution in [1.82, 2.24) is 20.4 Å². The molecule has 0 unspecified atom stereocenters. The first-order valence-electron chi connectivity index (χ1n) is 4.79. The van der Waals surface area contributed by atoms with E-state index >= 15 is 0 Å². The lowest BCUT2D eigenvalue weighted by molar-refractivity contribution is -0.135. The molecule has 0 aliphatic carbocycles. The first-order valence-corrected chi connectivity index (χ1v) is 4.79. The van der Waals surface area contributed by atoms with Crippen LogP contribution in [-0.4, -0.2) is 34.1 Å². The van der Waals surface area contributed by atoms with Gasteiger partial charge in [0.05, 0.1) is 6.20 Å². The molecule has 1 saturated heterocycles. The van der Waals surface area contributed by atoms with E-state index in [0.717, 1.165) is 5.56 Å². The molecule has 0 aromatic carbocycles. The molecule has 2 heterocycles. The van der Waals surface area contributed by atoms with Crippen LogP contribution < -0.4 is 10.6 Å². The molecule has 7 heteroatoms. The number of aromatic nitrogens is 2.